The van der Waals surface area contributed by atoms with Gasteiger partial charge in [-0.25, -0.2) is 0 Å². The Hall–Kier alpha value is -1.97. The minimum Gasteiger partial charge on any atom is -0.356 e. The standard InChI is InChI=1S/C16H22N4/c1-12-4-5-14-13(11-20(2)15(14)10-12)6-9-19-16-17-7-3-8-18-16/h4-5,10-11H,3,6-9H2,1-2H3,(H2,17,18,19). The fourth-order valence-corrected chi connectivity index (χ4v) is 2.74. The van der Waals surface area contributed by atoms with Crippen molar-refractivity contribution in [2.45, 2.75) is 19.8 Å². The number of fused-ring (bicyclic) bond motifs is 1. The summed E-state index contributed by atoms with van der Waals surface area (Å²) in [5.41, 5.74) is 4.02. The van der Waals surface area contributed by atoms with Crippen LogP contribution in [0.4, 0.5) is 0 Å². The van der Waals surface area contributed by atoms with Gasteiger partial charge in [-0.2, -0.15) is 0 Å². The first-order valence-electron chi connectivity index (χ1n) is 7.31. The van der Waals surface area contributed by atoms with E-state index in [1.165, 1.54) is 22.0 Å². The van der Waals surface area contributed by atoms with Crippen LogP contribution >= 0.6 is 0 Å². The summed E-state index contributed by atoms with van der Waals surface area (Å²) in [6.07, 6.45) is 4.39. The number of aliphatic imine (C=N–C) groups is 1. The van der Waals surface area contributed by atoms with Crippen molar-refractivity contribution < 1.29 is 0 Å². The van der Waals surface area contributed by atoms with Crippen LogP contribution in [-0.4, -0.2) is 30.2 Å². The molecular formula is C16H22N4. The molecule has 0 atom stereocenters. The van der Waals surface area contributed by atoms with Gasteiger partial charge in [0.15, 0.2) is 5.96 Å². The summed E-state index contributed by atoms with van der Waals surface area (Å²) >= 11 is 0. The summed E-state index contributed by atoms with van der Waals surface area (Å²) in [5.74, 6) is 0.951. The Morgan fingerprint density at radius 3 is 3.10 bits per heavy atom. The predicted molar refractivity (Wildman–Crippen MR) is 84.3 cm³/mol. The van der Waals surface area contributed by atoms with Crippen LogP contribution in [0.5, 0.6) is 0 Å². The normalized spacial score (nSPS) is 15.0. The summed E-state index contributed by atoms with van der Waals surface area (Å²) in [4.78, 5) is 4.43. The Bertz CT molecular complexity index is 639. The van der Waals surface area contributed by atoms with Gasteiger partial charge in [-0.05, 0) is 37.0 Å². The van der Waals surface area contributed by atoms with Gasteiger partial charge in [-0.3, -0.25) is 4.99 Å². The van der Waals surface area contributed by atoms with Crippen LogP contribution in [-0.2, 0) is 13.5 Å². The lowest BCUT2D eigenvalue weighted by atomic mass is 10.1. The molecule has 2 aromatic rings. The van der Waals surface area contributed by atoms with Crippen LogP contribution in [0.1, 0.15) is 17.5 Å². The Morgan fingerprint density at radius 2 is 2.30 bits per heavy atom. The highest BCUT2D eigenvalue weighted by atomic mass is 15.2. The first-order valence-corrected chi connectivity index (χ1v) is 7.31. The maximum absolute atomic E-state index is 4.43. The van der Waals surface area contributed by atoms with Crippen molar-refractivity contribution in [3.63, 3.8) is 0 Å². The zero-order valence-corrected chi connectivity index (χ0v) is 12.2. The number of hydrogen-bond acceptors (Lipinski definition) is 3. The maximum Gasteiger partial charge on any atom is 0.191 e. The van der Waals surface area contributed by atoms with Gasteiger partial charge in [0, 0.05) is 43.8 Å². The molecule has 20 heavy (non-hydrogen) atoms. The second kappa shape index (κ2) is 5.57. The smallest absolute Gasteiger partial charge is 0.191 e. The van der Waals surface area contributed by atoms with Gasteiger partial charge in [0.1, 0.15) is 0 Å². The Kier molecular flexibility index (Phi) is 3.63. The third-order valence-corrected chi connectivity index (χ3v) is 3.81. The van der Waals surface area contributed by atoms with Crippen LogP contribution in [0, 0.1) is 6.92 Å². The van der Waals surface area contributed by atoms with Crippen molar-refractivity contribution in [3.05, 3.63) is 35.5 Å². The van der Waals surface area contributed by atoms with E-state index < -0.39 is 0 Å². The number of aromatic nitrogens is 1. The molecule has 1 aromatic carbocycles. The lowest BCUT2D eigenvalue weighted by Gasteiger charge is -2.15. The van der Waals surface area contributed by atoms with Crippen LogP contribution in [0.3, 0.4) is 0 Å². The highest BCUT2D eigenvalue weighted by molar-refractivity contribution is 5.85. The fraction of sp³-hybridized carbons (Fsp3) is 0.438. The molecule has 0 bridgehead atoms. The molecule has 1 aliphatic rings. The molecule has 0 unspecified atom stereocenters. The Morgan fingerprint density at radius 1 is 1.40 bits per heavy atom. The van der Waals surface area contributed by atoms with E-state index in [0.29, 0.717) is 0 Å². The van der Waals surface area contributed by atoms with E-state index in [0.717, 1.165) is 38.4 Å². The molecule has 0 saturated heterocycles. The van der Waals surface area contributed by atoms with E-state index in [-0.39, 0.29) is 0 Å². The molecule has 2 N–H and O–H groups in total. The first kappa shape index (κ1) is 13.0. The summed E-state index contributed by atoms with van der Waals surface area (Å²) < 4.78 is 2.22. The molecule has 1 aromatic heterocycles. The number of nitrogens with zero attached hydrogens (tertiary/aromatic N) is 2. The van der Waals surface area contributed by atoms with E-state index in [1.807, 2.05) is 0 Å². The second-order valence-electron chi connectivity index (χ2n) is 5.47. The van der Waals surface area contributed by atoms with E-state index in [1.54, 1.807) is 0 Å². The third kappa shape index (κ3) is 2.64. The molecular weight excluding hydrogens is 248 g/mol. The highest BCUT2D eigenvalue weighted by Gasteiger charge is 2.07. The molecule has 0 spiro atoms. The van der Waals surface area contributed by atoms with E-state index in [9.17, 15) is 0 Å². The predicted octanol–water partition coefficient (Wildman–Crippen LogP) is 1.97. The first-order chi connectivity index (χ1) is 9.74. The number of rotatable bonds is 3. The largest absolute Gasteiger partial charge is 0.356 e. The monoisotopic (exact) mass is 270 g/mol. The molecule has 106 valence electrons. The fourth-order valence-electron chi connectivity index (χ4n) is 2.74. The van der Waals surface area contributed by atoms with Gasteiger partial charge in [0.2, 0.25) is 0 Å². The molecule has 1 aliphatic heterocycles. The molecule has 0 fully saturated rings. The Balaban J connectivity index is 1.70. The van der Waals surface area contributed by atoms with Gasteiger partial charge in [0.25, 0.3) is 0 Å². The minimum absolute atomic E-state index is 0.915. The quantitative estimate of drug-likeness (QED) is 0.895. The SMILES string of the molecule is Cc1ccc2c(CCNC3=NCCCN3)cn(C)c2c1. The molecule has 0 amide bonds. The summed E-state index contributed by atoms with van der Waals surface area (Å²) in [7, 11) is 2.12. The average molecular weight is 270 g/mol. The van der Waals surface area contributed by atoms with Crippen molar-refractivity contribution in [3.8, 4) is 0 Å². The Labute approximate surface area is 119 Å². The number of hydrogen-bond donors (Lipinski definition) is 2. The minimum atomic E-state index is 0.915. The molecule has 0 radical (unpaired) electrons. The van der Waals surface area contributed by atoms with Crippen LogP contribution < -0.4 is 10.6 Å². The van der Waals surface area contributed by atoms with Gasteiger partial charge in [-0.15, -0.1) is 0 Å². The molecule has 2 heterocycles. The number of nitrogens with one attached hydrogen (secondary N) is 2. The molecule has 4 nitrogen and oxygen atoms in total. The van der Waals surface area contributed by atoms with E-state index >= 15 is 0 Å². The van der Waals surface area contributed by atoms with Crippen molar-refractivity contribution in [2.75, 3.05) is 19.6 Å². The van der Waals surface area contributed by atoms with Crippen molar-refractivity contribution in [1.29, 1.82) is 0 Å². The highest BCUT2D eigenvalue weighted by Crippen LogP contribution is 2.22. The van der Waals surface area contributed by atoms with Crippen molar-refractivity contribution in [1.82, 2.24) is 15.2 Å². The lowest BCUT2D eigenvalue weighted by molar-refractivity contribution is 0.700. The number of guanidine groups is 1. The molecule has 4 heteroatoms. The summed E-state index contributed by atoms with van der Waals surface area (Å²) in [5, 5.41) is 8.03. The topological polar surface area (TPSA) is 41.4 Å². The average Bonchev–Trinajstić information content (AvgIpc) is 2.76. The van der Waals surface area contributed by atoms with Gasteiger partial charge < -0.3 is 15.2 Å². The van der Waals surface area contributed by atoms with E-state index in [4.69, 9.17) is 0 Å². The third-order valence-electron chi connectivity index (χ3n) is 3.81. The van der Waals surface area contributed by atoms with Gasteiger partial charge in [0.05, 0.1) is 0 Å². The van der Waals surface area contributed by atoms with Crippen LogP contribution in [0.2, 0.25) is 0 Å². The summed E-state index contributed by atoms with van der Waals surface area (Å²) in [6, 6.07) is 6.67. The van der Waals surface area contributed by atoms with Crippen LogP contribution in [0.15, 0.2) is 29.4 Å². The molecule has 0 aliphatic carbocycles. The second-order valence-corrected chi connectivity index (χ2v) is 5.47. The van der Waals surface area contributed by atoms with Crippen molar-refractivity contribution >= 4 is 16.9 Å². The van der Waals surface area contributed by atoms with Gasteiger partial charge >= 0.3 is 0 Å². The van der Waals surface area contributed by atoms with E-state index in [2.05, 4.69) is 58.6 Å². The number of aryl methyl sites for hydroxylation is 2. The van der Waals surface area contributed by atoms with Gasteiger partial charge in [-0.1, -0.05) is 12.1 Å². The number of benzene rings is 1. The molecule has 3 rings (SSSR count). The lowest BCUT2D eigenvalue weighted by Crippen LogP contribution is -2.41. The van der Waals surface area contributed by atoms with Crippen molar-refractivity contribution in [2.24, 2.45) is 12.0 Å². The zero-order chi connectivity index (χ0) is 13.9. The zero-order valence-electron chi connectivity index (χ0n) is 12.2. The van der Waals surface area contributed by atoms with Crippen LogP contribution in [0.25, 0.3) is 10.9 Å². The summed E-state index contributed by atoms with van der Waals surface area (Å²) in [6.45, 7) is 5.02. The molecule has 0 saturated carbocycles. The maximum atomic E-state index is 4.43.